The van der Waals surface area contributed by atoms with Crippen molar-refractivity contribution in [3.8, 4) is 0 Å². The summed E-state index contributed by atoms with van der Waals surface area (Å²) >= 11 is 2.69. The first kappa shape index (κ1) is 115. The van der Waals surface area contributed by atoms with Crippen LogP contribution in [-0.2, 0) is 76.7 Å². The van der Waals surface area contributed by atoms with Crippen molar-refractivity contribution in [1.29, 1.82) is 0 Å². The molecule has 0 saturated carbocycles. The van der Waals surface area contributed by atoms with Crippen LogP contribution in [0.4, 0.5) is 0 Å². The topological polar surface area (TPSA) is 676 Å². The predicted octanol–water partition coefficient (Wildman–Crippen LogP) is -3.91. The number of aliphatic hydroxyl groups is 2. The molecule has 40 nitrogen and oxygen atoms in total. The van der Waals surface area contributed by atoms with Crippen LogP contribution in [-0.4, -0.2) is 272 Å². The van der Waals surface area contributed by atoms with E-state index in [1.165, 1.54) is 30.4 Å². The van der Waals surface area contributed by atoms with Gasteiger partial charge in [-0.25, -0.2) is 0 Å². The van der Waals surface area contributed by atoms with Crippen molar-refractivity contribution in [2.24, 2.45) is 69.7 Å². The van der Waals surface area contributed by atoms with Gasteiger partial charge in [0.1, 0.15) is 90.6 Å². The van der Waals surface area contributed by atoms with E-state index in [-0.39, 0.29) is 102 Å². The van der Waals surface area contributed by atoms with Crippen molar-refractivity contribution in [2.75, 3.05) is 76.5 Å². The average Bonchev–Trinajstić information content (AvgIpc) is 0.841. The monoisotopic (exact) mass is 1790 g/mol. The van der Waals surface area contributed by atoms with Gasteiger partial charge in [0.05, 0.1) is 19.8 Å². The molecular formula is C81H154N22O18S2. The van der Waals surface area contributed by atoms with Gasteiger partial charge >= 0.3 is 0 Å². The maximum Gasteiger partial charge on any atom is 0.245 e. The molecule has 0 rings (SSSR count). The molecule has 0 radical (unpaired) electrons. The molecule has 708 valence electrons. The number of unbranched alkanes of at least 4 members (excludes halogenated alkanes) is 5. The van der Waals surface area contributed by atoms with Gasteiger partial charge in [-0.1, -0.05) is 88.5 Å². The second-order valence-electron chi connectivity index (χ2n) is 32.3. The van der Waals surface area contributed by atoms with E-state index in [4.69, 9.17) is 40.1 Å². The Bertz CT molecular complexity index is 3250. The summed E-state index contributed by atoms with van der Waals surface area (Å²) in [6.45, 7) is 17.8. The highest BCUT2D eigenvalue weighted by Gasteiger charge is 2.40. The number of aliphatic hydroxyl groups excluding tert-OH is 2. The fourth-order valence-electron chi connectivity index (χ4n) is 12.8. The highest BCUT2D eigenvalue weighted by atomic mass is 32.2. The van der Waals surface area contributed by atoms with Crippen molar-refractivity contribution in [3.05, 3.63) is 0 Å². The Hall–Kier alpha value is -8.10. The fourth-order valence-corrected chi connectivity index (χ4v) is 13.8. The minimum Gasteiger partial charge on any atom is -0.394 e. The van der Waals surface area contributed by atoms with Crippen LogP contribution < -0.4 is 120 Å². The lowest BCUT2D eigenvalue weighted by Crippen LogP contribution is -2.62. The quantitative estimate of drug-likeness (QED) is 0.0259. The van der Waals surface area contributed by atoms with Crippen LogP contribution in [0.25, 0.3) is 0 Å². The maximum atomic E-state index is 14.8. The molecular weight excluding hydrogens is 1630 g/mol. The fraction of sp³-hybridized carbons (Fsp3) is 0.802. The summed E-state index contributed by atoms with van der Waals surface area (Å²) in [4.78, 5) is 224. The van der Waals surface area contributed by atoms with Crippen molar-refractivity contribution >= 4 is 118 Å². The van der Waals surface area contributed by atoms with Crippen molar-refractivity contribution in [1.82, 2.24) is 79.8 Å². The molecule has 42 heteroatoms. The molecule has 0 bridgehead atoms. The number of nitrogens with one attached hydrogen (secondary N) is 15. The molecule has 0 aliphatic carbocycles. The number of amides is 16. The van der Waals surface area contributed by atoms with Gasteiger partial charge in [0, 0.05) is 0 Å². The van der Waals surface area contributed by atoms with Gasteiger partial charge in [-0.2, -0.15) is 23.5 Å². The molecule has 31 N–H and O–H groups in total. The van der Waals surface area contributed by atoms with E-state index in [0.717, 1.165) is 0 Å². The van der Waals surface area contributed by atoms with Gasteiger partial charge in [-0.15, -0.1) is 0 Å². The van der Waals surface area contributed by atoms with Crippen LogP contribution in [0.2, 0.25) is 0 Å². The van der Waals surface area contributed by atoms with Crippen LogP contribution in [0.3, 0.4) is 0 Å². The lowest BCUT2D eigenvalue weighted by atomic mass is 9.94. The molecule has 0 aromatic carbocycles. The number of primary amides is 1. The number of hydrogen-bond acceptors (Lipinski definition) is 26. The third kappa shape index (κ3) is 45.6. The van der Waals surface area contributed by atoms with Gasteiger partial charge in [0.2, 0.25) is 94.5 Å². The third-order valence-electron chi connectivity index (χ3n) is 21.1. The van der Waals surface area contributed by atoms with E-state index in [1.54, 1.807) is 81.7 Å². The number of hydrogen-bond donors (Lipinski definition) is 24. The predicted molar refractivity (Wildman–Crippen MR) is 475 cm³/mol. The minimum absolute atomic E-state index is 0.00776. The Morgan fingerprint density at radius 2 is 0.504 bits per heavy atom. The van der Waals surface area contributed by atoms with Crippen molar-refractivity contribution in [2.45, 2.75) is 308 Å². The highest BCUT2D eigenvalue weighted by molar-refractivity contribution is 7.98. The Balaban J connectivity index is 7.23. The summed E-state index contributed by atoms with van der Waals surface area (Å²) in [6.07, 6.45) is 8.99. The standard InChI is InChI=1S/C81H154N22O18S2/c1-14-48(8)64(101-63(106)43-87)80(120)96-58(33-40-123-13)73(113)99-62(45-105)78(118)100-61(44-104)77(117)98-60(42-47(6)7)76(116)95-57(32-39-122-12)72(112)92-53(28-18-23-35-83)69(109)91-55(30-20-25-37-85)71(111)97-59(41-46(4)5)75(115)94-54(29-19-24-36-84)70(110)93-56(31-21-26-38-86)74(114)102-66(50(10)16-3)81(121)103-65(49(9)15-2)79(119)89-51(11)68(108)90-52(67(88)107)27-17-22-34-82/h46-62,64-66,104-105H,14-45,82-87H2,1-13H3,(H2,88,107)(H,89,119)(H,90,108)(H,91,109)(H,92,112)(H,93,110)(H,94,115)(H,95,116)(H,96,120)(H,97,111)(H,98,117)(H,99,113)(H,100,118)(H,101,106)(H,102,114)(H,103,121)/t48-,49-,50-,51-,52-,53-,54-,55-,56-,57-,58-,59-,60-,61-,62-,64-,65-,66-/m0/s1. The smallest absolute Gasteiger partial charge is 0.245 e. The molecule has 0 spiro atoms. The first-order chi connectivity index (χ1) is 58.3. The van der Waals surface area contributed by atoms with E-state index in [2.05, 4.69) is 79.8 Å². The second kappa shape index (κ2) is 65.5. The summed E-state index contributed by atoms with van der Waals surface area (Å²) in [5.41, 5.74) is 40.3. The molecule has 0 aliphatic rings. The Kier molecular flexibility index (Phi) is 61.2. The lowest BCUT2D eigenvalue weighted by Gasteiger charge is -2.31. The molecule has 123 heavy (non-hydrogen) atoms. The zero-order valence-corrected chi connectivity index (χ0v) is 76.6. The van der Waals surface area contributed by atoms with E-state index in [0.29, 0.717) is 102 Å². The minimum atomic E-state index is -1.78. The average molecular weight is 1790 g/mol. The van der Waals surface area contributed by atoms with Crippen LogP contribution >= 0.6 is 23.5 Å². The zero-order chi connectivity index (χ0) is 93.4. The second-order valence-corrected chi connectivity index (χ2v) is 34.3. The van der Waals surface area contributed by atoms with E-state index in [1.807, 2.05) is 0 Å². The number of carbonyl (C=O) groups excluding carboxylic acids is 16. The third-order valence-corrected chi connectivity index (χ3v) is 22.3. The van der Waals surface area contributed by atoms with Gasteiger partial charge in [0.15, 0.2) is 0 Å². The first-order valence-corrected chi connectivity index (χ1v) is 46.4. The molecule has 0 aromatic heterocycles. The Morgan fingerprint density at radius 1 is 0.276 bits per heavy atom. The Labute approximate surface area is 735 Å². The Morgan fingerprint density at radius 3 is 0.780 bits per heavy atom. The SMILES string of the molecule is CC[C@H](C)[C@H](NC(=O)CN)C(=O)N[C@@H](CCSC)C(=O)N[C@@H](CO)C(=O)N[C@@H](CO)C(=O)N[C@@H](CC(C)C)C(=O)N[C@@H](CCSC)C(=O)N[C@@H](CCCCN)C(=O)N[C@@H](CCCCN)C(=O)N[C@@H](CC(C)C)C(=O)N[C@@H](CCCCN)C(=O)N[C@@H](CCCCN)C(=O)N[C@H](C(=O)N[C@H](C(=O)N[C@@H](C)C(=O)N[C@@H](CCCCN)C(N)=O)[C@@H](C)CC)[C@@H](C)CC. The maximum absolute atomic E-state index is 14.8. The normalized spacial score (nSPS) is 15.8. The van der Waals surface area contributed by atoms with Gasteiger partial charge in [0.25, 0.3) is 0 Å². The van der Waals surface area contributed by atoms with Crippen LogP contribution in [0.5, 0.6) is 0 Å². The molecule has 0 aromatic rings. The summed E-state index contributed by atoms with van der Waals surface area (Å²) in [5, 5.41) is 60.7. The number of carbonyl (C=O) groups is 16. The highest BCUT2D eigenvalue weighted by Crippen LogP contribution is 2.19. The molecule has 18 atom stereocenters. The number of rotatable bonds is 69. The summed E-state index contributed by atoms with van der Waals surface area (Å²) in [7, 11) is 0. The van der Waals surface area contributed by atoms with E-state index < -0.39 is 217 Å². The largest absolute Gasteiger partial charge is 0.394 e. The van der Waals surface area contributed by atoms with Crippen LogP contribution in [0.1, 0.15) is 217 Å². The molecule has 0 aliphatic heterocycles. The molecule has 16 amide bonds. The van der Waals surface area contributed by atoms with Crippen LogP contribution in [0.15, 0.2) is 0 Å². The summed E-state index contributed by atoms with van der Waals surface area (Å²) in [5.74, 6) is -14.3. The van der Waals surface area contributed by atoms with Crippen LogP contribution in [0, 0.1) is 29.6 Å². The van der Waals surface area contributed by atoms with Gasteiger partial charge in [-0.05, 0) is 215 Å². The first-order valence-electron chi connectivity index (χ1n) is 43.6. The van der Waals surface area contributed by atoms with Gasteiger partial charge < -0.3 is 130 Å². The lowest BCUT2D eigenvalue weighted by molar-refractivity contribution is -0.137. The van der Waals surface area contributed by atoms with E-state index in [9.17, 15) is 86.9 Å². The molecule has 0 fully saturated rings. The summed E-state index contributed by atoms with van der Waals surface area (Å²) in [6, 6.07) is -20.0. The number of nitrogens with two attached hydrogens (primary N) is 7. The summed E-state index contributed by atoms with van der Waals surface area (Å²) < 4.78 is 0. The van der Waals surface area contributed by atoms with Crippen molar-refractivity contribution in [3.63, 3.8) is 0 Å². The van der Waals surface area contributed by atoms with E-state index >= 15 is 0 Å². The zero-order valence-electron chi connectivity index (χ0n) is 75.0. The molecule has 0 heterocycles. The molecule has 0 unspecified atom stereocenters. The van der Waals surface area contributed by atoms with Crippen molar-refractivity contribution < 1.29 is 86.9 Å². The molecule has 0 saturated heterocycles. The van der Waals surface area contributed by atoms with Gasteiger partial charge in [-0.3, -0.25) is 76.7 Å². The number of thioether (sulfide) groups is 2.